The van der Waals surface area contributed by atoms with E-state index >= 15 is 0 Å². The molecule has 2 heterocycles. The van der Waals surface area contributed by atoms with Crippen molar-refractivity contribution in [3.63, 3.8) is 0 Å². The number of hydrogen-bond acceptors (Lipinski definition) is 5. The second-order valence-corrected chi connectivity index (χ2v) is 10.8. The number of nitriles is 1. The average molecular weight is 503 g/mol. The second-order valence-electron chi connectivity index (χ2n) is 10.8. The molecule has 36 heavy (non-hydrogen) atoms. The highest BCUT2D eigenvalue weighted by Crippen LogP contribution is 2.54. The lowest BCUT2D eigenvalue weighted by Gasteiger charge is -2.45. The lowest BCUT2D eigenvalue weighted by atomic mass is 9.56. The molecule has 1 aromatic carbocycles. The second kappa shape index (κ2) is 11.2. The maximum Gasteiger partial charge on any atom is 0.225 e. The first-order chi connectivity index (χ1) is 17.3. The molecule has 4 rings (SSSR count). The number of amides is 2. The van der Waals surface area contributed by atoms with Crippen molar-refractivity contribution < 1.29 is 23.1 Å². The minimum atomic E-state index is -1.32. The van der Waals surface area contributed by atoms with Crippen LogP contribution in [0.5, 0.6) is 0 Å². The summed E-state index contributed by atoms with van der Waals surface area (Å²) >= 11 is 0. The number of carbonyl (C=O) groups is 2. The van der Waals surface area contributed by atoms with Gasteiger partial charge in [-0.3, -0.25) is 14.5 Å². The van der Waals surface area contributed by atoms with E-state index in [1.54, 1.807) is 4.90 Å². The average Bonchev–Trinajstić information content (AvgIpc) is 3.28. The van der Waals surface area contributed by atoms with Gasteiger partial charge in [0, 0.05) is 45.2 Å². The third-order valence-electron chi connectivity index (χ3n) is 8.46. The van der Waals surface area contributed by atoms with Crippen LogP contribution in [0.15, 0.2) is 18.2 Å². The zero-order valence-corrected chi connectivity index (χ0v) is 20.8. The van der Waals surface area contributed by atoms with Gasteiger partial charge in [0.05, 0.1) is 30.1 Å². The van der Waals surface area contributed by atoms with Crippen LogP contribution in [-0.2, 0) is 20.9 Å². The summed E-state index contributed by atoms with van der Waals surface area (Å²) in [6.45, 7) is 2.72. The van der Waals surface area contributed by atoms with Gasteiger partial charge in [0.15, 0.2) is 0 Å². The standard InChI is InChI=1S/C27H36F2N4O3/c28-22-12-21(13-23(29)14-22)17-32-7-6-26(18-30,19-32)27(25(31)35,15-20-4-2-1-3-5-20)16-24(34)33-8-10-36-11-9-33/h12-14,20H,1-11,15-17,19H2,(H2,31,35). The number of halogens is 2. The minimum absolute atomic E-state index is 0.102. The monoisotopic (exact) mass is 502 g/mol. The molecule has 7 nitrogen and oxygen atoms in total. The van der Waals surface area contributed by atoms with Crippen molar-refractivity contribution in [1.29, 1.82) is 5.26 Å². The largest absolute Gasteiger partial charge is 0.378 e. The number of carbonyl (C=O) groups excluding carboxylic acids is 2. The van der Waals surface area contributed by atoms with Crippen molar-refractivity contribution in [3.05, 3.63) is 35.4 Å². The Hall–Kier alpha value is -2.57. The topological polar surface area (TPSA) is 99.7 Å². The van der Waals surface area contributed by atoms with Crippen molar-refractivity contribution in [2.45, 2.75) is 57.9 Å². The van der Waals surface area contributed by atoms with E-state index in [0.29, 0.717) is 51.3 Å². The normalized spacial score (nSPS) is 25.3. The number of rotatable bonds is 8. The van der Waals surface area contributed by atoms with E-state index in [1.807, 2.05) is 4.90 Å². The lowest BCUT2D eigenvalue weighted by molar-refractivity contribution is -0.149. The molecular formula is C27H36F2N4O3. The number of morpholine rings is 1. The molecule has 3 fully saturated rings. The van der Waals surface area contributed by atoms with E-state index < -0.39 is 28.4 Å². The van der Waals surface area contributed by atoms with Crippen LogP contribution >= 0.6 is 0 Å². The quantitative estimate of drug-likeness (QED) is 0.588. The lowest BCUT2D eigenvalue weighted by Crippen LogP contribution is -2.56. The SMILES string of the molecule is N#CC1(C(CC(=O)N2CCOCC2)(CC2CCCCC2)C(N)=O)CCN(Cc2cc(F)cc(F)c2)C1. The Balaban J connectivity index is 1.64. The number of likely N-dealkylation sites (tertiary alicyclic amines) is 1. The summed E-state index contributed by atoms with van der Waals surface area (Å²) in [6, 6.07) is 5.83. The van der Waals surface area contributed by atoms with Crippen LogP contribution in [0.25, 0.3) is 0 Å². The molecule has 0 radical (unpaired) electrons. The fourth-order valence-electron chi connectivity index (χ4n) is 6.50. The fourth-order valence-corrected chi connectivity index (χ4v) is 6.50. The Morgan fingerprint density at radius 2 is 1.78 bits per heavy atom. The van der Waals surface area contributed by atoms with Crippen LogP contribution in [0.4, 0.5) is 8.78 Å². The first-order valence-corrected chi connectivity index (χ1v) is 13.0. The van der Waals surface area contributed by atoms with Gasteiger partial charge in [-0.15, -0.1) is 0 Å². The van der Waals surface area contributed by atoms with Crippen LogP contribution in [0.2, 0.25) is 0 Å². The smallest absolute Gasteiger partial charge is 0.225 e. The van der Waals surface area contributed by atoms with E-state index in [4.69, 9.17) is 10.5 Å². The molecule has 1 saturated carbocycles. The van der Waals surface area contributed by atoms with Gasteiger partial charge in [-0.05, 0) is 36.5 Å². The Morgan fingerprint density at radius 3 is 2.39 bits per heavy atom. The highest BCUT2D eigenvalue weighted by atomic mass is 19.1. The molecule has 2 amide bonds. The maximum absolute atomic E-state index is 13.8. The van der Waals surface area contributed by atoms with E-state index in [-0.39, 0.29) is 31.3 Å². The predicted molar refractivity (Wildman–Crippen MR) is 129 cm³/mol. The number of hydrogen-bond donors (Lipinski definition) is 1. The fraction of sp³-hybridized carbons (Fsp3) is 0.667. The van der Waals surface area contributed by atoms with E-state index in [1.165, 1.54) is 12.1 Å². The Kier molecular flexibility index (Phi) is 8.26. The number of ether oxygens (including phenoxy) is 1. The van der Waals surface area contributed by atoms with Gasteiger partial charge in [0.25, 0.3) is 0 Å². The van der Waals surface area contributed by atoms with Crippen molar-refractivity contribution >= 4 is 11.8 Å². The van der Waals surface area contributed by atoms with Crippen LogP contribution in [-0.4, -0.2) is 61.0 Å². The van der Waals surface area contributed by atoms with Crippen molar-refractivity contribution in [2.75, 3.05) is 39.4 Å². The predicted octanol–water partition coefficient (Wildman–Crippen LogP) is 3.37. The van der Waals surface area contributed by atoms with Crippen LogP contribution in [0.3, 0.4) is 0 Å². The molecule has 1 aliphatic carbocycles. The Labute approximate surface area is 211 Å². The molecule has 2 aliphatic heterocycles. The molecule has 2 atom stereocenters. The number of primary amides is 1. The van der Waals surface area contributed by atoms with Crippen LogP contribution < -0.4 is 5.73 Å². The molecule has 0 bridgehead atoms. The van der Waals surface area contributed by atoms with Crippen molar-refractivity contribution in [2.24, 2.45) is 22.5 Å². The molecule has 0 spiro atoms. The summed E-state index contributed by atoms with van der Waals surface area (Å²) < 4.78 is 32.9. The Bertz CT molecular complexity index is 983. The molecule has 3 aliphatic rings. The van der Waals surface area contributed by atoms with Gasteiger partial charge in [-0.25, -0.2) is 8.78 Å². The first kappa shape index (κ1) is 26.5. The van der Waals surface area contributed by atoms with Gasteiger partial charge in [0.2, 0.25) is 11.8 Å². The minimum Gasteiger partial charge on any atom is -0.378 e. The van der Waals surface area contributed by atoms with E-state index in [0.717, 1.165) is 38.2 Å². The van der Waals surface area contributed by atoms with Crippen LogP contribution in [0, 0.1) is 39.7 Å². The molecule has 0 aromatic heterocycles. The number of nitrogens with two attached hydrogens (primary N) is 1. The number of nitrogens with zero attached hydrogens (tertiary/aromatic N) is 3. The number of benzene rings is 1. The first-order valence-electron chi connectivity index (χ1n) is 13.0. The summed E-state index contributed by atoms with van der Waals surface area (Å²) in [5.74, 6) is -1.87. The summed E-state index contributed by atoms with van der Waals surface area (Å²) in [5, 5.41) is 10.6. The molecular weight excluding hydrogens is 466 g/mol. The summed E-state index contributed by atoms with van der Waals surface area (Å²) in [6.07, 6.45) is 5.86. The van der Waals surface area contributed by atoms with Gasteiger partial charge in [-0.1, -0.05) is 32.1 Å². The third kappa shape index (κ3) is 5.55. The molecule has 2 unspecified atom stereocenters. The highest BCUT2D eigenvalue weighted by molar-refractivity contribution is 5.89. The molecule has 2 N–H and O–H groups in total. The van der Waals surface area contributed by atoms with Crippen molar-refractivity contribution in [3.8, 4) is 6.07 Å². The zero-order valence-electron chi connectivity index (χ0n) is 20.8. The van der Waals surface area contributed by atoms with Crippen molar-refractivity contribution in [1.82, 2.24) is 9.80 Å². The molecule has 2 saturated heterocycles. The molecule has 9 heteroatoms. The zero-order chi connectivity index (χ0) is 25.8. The van der Waals surface area contributed by atoms with Gasteiger partial charge in [0.1, 0.15) is 11.6 Å². The third-order valence-corrected chi connectivity index (χ3v) is 8.46. The van der Waals surface area contributed by atoms with Gasteiger partial charge >= 0.3 is 0 Å². The Morgan fingerprint density at radius 1 is 1.11 bits per heavy atom. The summed E-state index contributed by atoms with van der Waals surface area (Å²) in [5.41, 5.74) is 4.12. The summed E-state index contributed by atoms with van der Waals surface area (Å²) in [4.78, 5) is 30.5. The van der Waals surface area contributed by atoms with E-state index in [2.05, 4.69) is 6.07 Å². The highest BCUT2D eigenvalue weighted by Gasteiger charge is 2.60. The van der Waals surface area contributed by atoms with Gasteiger partial charge < -0.3 is 15.4 Å². The summed E-state index contributed by atoms with van der Waals surface area (Å²) in [7, 11) is 0. The van der Waals surface area contributed by atoms with Crippen LogP contribution in [0.1, 0.15) is 56.9 Å². The molecule has 1 aromatic rings. The van der Waals surface area contributed by atoms with Gasteiger partial charge in [-0.2, -0.15) is 5.26 Å². The maximum atomic E-state index is 13.8. The van der Waals surface area contributed by atoms with E-state index in [9.17, 15) is 23.6 Å². The molecule has 196 valence electrons.